The van der Waals surface area contributed by atoms with Gasteiger partial charge in [-0.1, -0.05) is 32.1 Å². The Morgan fingerprint density at radius 1 is 1.37 bits per heavy atom. The van der Waals surface area contributed by atoms with E-state index in [1.54, 1.807) is 23.3 Å². The fraction of sp³-hybridized carbons (Fsp3) is 0.267. The van der Waals surface area contributed by atoms with Crippen molar-refractivity contribution in [2.24, 2.45) is 5.41 Å². The lowest BCUT2D eigenvalue weighted by Gasteiger charge is -2.22. The quantitative estimate of drug-likeness (QED) is 0.824. The molecule has 0 saturated heterocycles. The van der Waals surface area contributed by atoms with Crippen LogP contribution >= 0.6 is 23.3 Å². The maximum Gasteiger partial charge on any atom is 0.0965 e. The molecule has 1 aromatic carbocycles. The second-order valence-electron chi connectivity index (χ2n) is 5.34. The van der Waals surface area contributed by atoms with Gasteiger partial charge in [-0.15, -0.1) is 11.3 Å². The molecule has 0 amide bonds. The van der Waals surface area contributed by atoms with Gasteiger partial charge in [0.1, 0.15) is 0 Å². The van der Waals surface area contributed by atoms with E-state index in [1.165, 1.54) is 15.3 Å². The number of allylic oxidation sites excluding steroid dienone is 3. The summed E-state index contributed by atoms with van der Waals surface area (Å²) in [7, 11) is 0. The van der Waals surface area contributed by atoms with Gasteiger partial charge < -0.3 is 4.72 Å². The average Bonchev–Trinajstić information content (AvgIpc) is 2.86. The van der Waals surface area contributed by atoms with Crippen LogP contribution in [0.1, 0.15) is 20.3 Å². The minimum atomic E-state index is 0.283. The van der Waals surface area contributed by atoms with Crippen molar-refractivity contribution in [3.05, 3.63) is 47.6 Å². The minimum Gasteiger partial charge on any atom is -0.326 e. The predicted molar refractivity (Wildman–Crippen MR) is 84.2 cm³/mol. The Morgan fingerprint density at radius 3 is 3.05 bits per heavy atom. The topological polar surface area (TPSA) is 24.9 Å². The second kappa shape index (κ2) is 5.02. The summed E-state index contributed by atoms with van der Waals surface area (Å²) in [6.07, 6.45) is 7.76. The molecular formula is C15H16N2S2. The molecule has 1 aliphatic carbocycles. The van der Waals surface area contributed by atoms with Gasteiger partial charge in [0.15, 0.2) is 0 Å². The maximum atomic E-state index is 4.43. The van der Waals surface area contributed by atoms with E-state index in [1.807, 2.05) is 5.51 Å². The largest absolute Gasteiger partial charge is 0.326 e. The van der Waals surface area contributed by atoms with Crippen LogP contribution in [0.5, 0.6) is 0 Å². The number of aromatic nitrogens is 1. The average molecular weight is 288 g/mol. The molecule has 0 radical (unpaired) electrons. The van der Waals surface area contributed by atoms with Gasteiger partial charge in [0.25, 0.3) is 0 Å². The van der Waals surface area contributed by atoms with Gasteiger partial charge >= 0.3 is 0 Å². The van der Waals surface area contributed by atoms with E-state index >= 15 is 0 Å². The lowest BCUT2D eigenvalue weighted by Crippen LogP contribution is -2.13. The first-order valence-corrected chi connectivity index (χ1v) is 7.98. The third kappa shape index (κ3) is 2.85. The number of fused-ring (bicyclic) bond motifs is 1. The number of hydrogen-bond acceptors (Lipinski definition) is 4. The van der Waals surface area contributed by atoms with Crippen LogP contribution in [0.25, 0.3) is 10.2 Å². The molecule has 4 heteroatoms. The van der Waals surface area contributed by atoms with E-state index in [4.69, 9.17) is 0 Å². The van der Waals surface area contributed by atoms with Crippen molar-refractivity contribution < 1.29 is 0 Å². The van der Waals surface area contributed by atoms with Gasteiger partial charge in [-0.25, -0.2) is 4.98 Å². The van der Waals surface area contributed by atoms with Gasteiger partial charge in [0, 0.05) is 5.70 Å². The van der Waals surface area contributed by atoms with Crippen LogP contribution in [0.3, 0.4) is 0 Å². The van der Waals surface area contributed by atoms with Gasteiger partial charge in [0.2, 0.25) is 0 Å². The Bertz CT molecular complexity index is 653. The Kier molecular flexibility index (Phi) is 3.37. The molecule has 19 heavy (non-hydrogen) atoms. The van der Waals surface area contributed by atoms with E-state index in [0.717, 1.165) is 11.9 Å². The van der Waals surface area contributed by atoms with Gasteiger partial charge in [-0.2, -0.15) is 0 Å². The molecule has 0 aliphatic heterocycles. The fourth-order valence-electron chi connectivity index (χ4n) is 1.96. The van der Waals surface area contributed by atoms with Crippen molar-refractivity contribution in [3.63, 3.8) is 0 Å². The Morgan fingerprint density at radius 2 is 2.26 bits per heavy atom. The first-order valence-electron chi connectivity index (χ1n) is 6.29. The van der Waals surface area contributed by atoms with Crippen LogP contribution in [-0.2, 0) is 0 Å². The molecule has 0 saturated carbocycles. The highest BCUT2D eigenvalue weighted by Crippen LogP contribution is 2.31. The third-order valence-electron chi connectivity index (χ3n) is 3.16. The lowest BCUT2D eigenvalue weighted by atomic mass is 9.86. The zero-order chi connectivity index (χ0) is 13.3. The zero-order valence-electron chi connectivity index (χ0n) is 11.0. The number of benzene rings is 1. The number of nitrogens with one attached hydrogen (secondary N) is 1. The van der Waals surface area contributed by atoms with Crippen molar-refractivity contribution >= 4 is 33.5 Å². The van der Waals surface area contributed by atoms with Gasteiger partial charge in [-0.3, -0.25) is 0 Å². The number of thiazole rings is 1. The van der Waals surface area contributed by atoms with Crippen LogP contribution in [0.2, 0.25) is 0 Å². The van der Waals surface area contributed by atoms with Gasteiger partial charge in [-0.05, 0) is 42.0 Å². The first kappa shape index (κ1) is 12.8. The summed E-state index contributed by atoms with van der Waals surface area (Å²) in [5, 5.41) is 0. The zero-order valence-corrected chi connectivity index (χ0v) is 12.6. The summed E-state index contributed by atoms with van der Waals surface area (Å²) in [4.78, 5) is 5.60. The summed E-state index contributed by atoms with van der Waals surface area (Å²) in [5.41, 5.74) is 4.45. The van der Waals surface area contributed by atoms with Crippen LogP contribution in [-0.4, -0.2) is 4.98 Å². The SMILES string of the molecule is CC1(C)C=CC(NSc2cccc3scnc23)=CC1. The van der Waals surface area contributed by atoms with Crippen molar-refractivity contribution in [2.45, 2.75) is 25.2 Å². The van der Waals surface area contributed by atoms with Crippen LogP contribution in [0.4, 0.5) is 0 Å². The van der Waals surface area contributed by atoms with Crippen molar-refractivity contribution in [1.82, 2.24) is 9.71 Å². The third-order valence-corrected chi connectivity index (χ3v) is 4.85. The van der Waals surface area contributed by atoms with E-state index in [2.05, 4.69) is 60.0 Å². The number of nitrogens with zero attached hydrogens (tertiary/aromatic N) is 1. The van der Waals surface area contributed by atoms with Crippen molar-refractivity contribution in [3.8, 4) is 0 Å². The number of rotatable bonds is 3. The summed E-state index contributed by atoms with van der Waals surface area (Å²) in [5.74, 6) is 0. The van der Waals surface area contributed by atoms with Gasteiger partial charge in [0.05, 0.1) is 20.6 Å². The van der Waals surface area contributed by atoms with E-state index in [9.17, 15) is 0 Å². The highest BCUT2D eigenvalue weighted by atomic mass is 32.2. The fourth-order valence-corrected chi connectivity index (χ4v) is 3.51. The second-order valence-corrected chi connectivity index (χ2v) is 7.08. The first-order chi connectivity index (χ1) is 9.14. The van der Waals surface area contributed by atoms with E-state index in [0.29, 0.717) is 0 Å². The molecule has 1 N–H and O–H groups in total. The van der Waals surface area contributed by atoms with E-state index in [-0.39, 0.29) is 5.41 Å². The van der Waals surface area contributed by atoms with Crippen molar-refractivity contribution in [2.75, 3.05) is 0 Å². The molecule has 0 atom stereocenters. The molecule has 0 fully saturated rings. The Balaban J connectivity index is 1.72. The highest BCUT2D eigenvalue weighted by molar-refractivity contribution is 7.97. The Labute approximate surface area is 121 Å². The summed E-state index contributed by atoms with van der Waals surface area (Å²) in [6, 6.07) is 6.30. The summed E-state index contributed by atoms with van der Waals surface area (Å²) in [6.45, 7) is 4.50. The molecule has 1 aromatic heterocycles. The maximum absolute atomic E-state index is 4.43. The molecule has 2 aromatic rings. The molecule has 1 heterocycles. The minimum absolute atomic E-state index is 0.283. The predicted octanol–water partition coefficient (Wildman–Crippen LogP) is 4.76. The molecule has 3 rings (SSSR count). The monoisotopic (exact) mass is 288 g/mol. The molecule has 98 valence electrons. The summed E-state index contributed by atoms with van der Waals surface area (Å²) >= 11 is 3.32. The highest BCUT2D eigenvalue weighted by Gasteiger charge is 2.16. The van der Waals surface area contributed by atoms with Crippen LogP contribution < -0.4 is 4.72 Å². The molecule has 0 bridgehead atoms. The molecule has 0 spiro atoms. The Hall–Kier alpha value is -1.26. The smallest absolute Gasteiger partial charge is 0.0965 e. The van der Waals surface area contributed by atoms with Crippen LogP contribution in [0, 0.1) is 5.41 Å². The number of hydrogen-bond donors (Lipinski definition) is 1. The molecule has 2 nitrogen and oxygen atoms in total. The molecule has 0 unspecified atom stereocenters. The lowest BCUT2D eigenvalue weighted by molar-refractivity contribution is 0.481. The van der Waals surface area contributed by atoms with Crippen molar-refractivity contribution in [1.29, 1.82) is 0 Å². The van der Waals surface area contributed by atoms with E-state index < -0.39 is 0 Å². The molecular weight excluding hydrogens is 272 g/mol. The molecule has 1 aliphatic rings. The van der Waals surface area contributed by atoms with Crippen LogP contribution in [0.15, 0.2) is 52.5 Å². The normalized spacial score (nSPS) is 17.5. The standard InChI is InChI=1S/C15H16N2S2/c1-15(2)8-6-11(7-9-15)17-19-13-5-3-4-12-14(13)16-10-18-12/h3-8,10,17H,9H2,1-2H3. The number of para-hydroxylation sites is 1. The summed E-state index contributed by atoms with van der Waals surface area (Å²) < 4.78 is 4.65.